The lowest BCUT2D eigenvalue weighted by Gasteiger charge is -2.35. The van der Waals surface area contributed by atoms with Gasteiger partial charge in [0.25, 0.3) is 0 Å². The van der Waals surface area contributed by atoms with E-state index in [-0.39, 0.29) is 0 Å². The molecule has 16 heavy (non-hydrogen) atoms. The van der Waals surface area contributed by atoms with Gasteiger partial charge in [0.05, 0.1) is 13.2 Å². The standard InChI is InChI=1S/C12H25N3O/c1-15-5-2-10(3-6-15)12(13)8-11-9-16-7-4-14-11/h10-12,14H,2-9,13H2,1H3. The average molecular weight is 227 g/mol. The van der Waals surface area contributed by atoms with Crippen LogP contribution in [-0.2, 0) is 4.74 Å². The maximum atomic E-state index is 6.31. The van der Waals surface area contributed by atoms with E-state index in [4.69, 9.17) is 10.5 Å². The summed E-state index contributed by atoms with van der Waals surface area (Å²) in [7, 11) is 2.19. The molecule has 2 aliphatic heterocycles. The predicted molar refractivity (Wildman–Crippen MR) is 65.4 cm³/mol. The third kappa shape index (κ3) is 3.42. The predicted octanol–water partition coefficient (Wildman–Crippen LogP) is 0.0340. The molecule has 2 saturated heterocycles. The van der Waals surface area contributed by atoms with Gasteiger partial charge in [0.1, 0.15) is 0 Å². The Morgan fingerprint density at radius 1 is 1.44 bits per heavy atom. The smallest absolute Gasteiger partial charge is 0.0620 e. The average Bonchev–Trinajstić information content (AvgIpc) is 2.31. The van der Waals surface area contributed by atoms with Crippen molar-refractivity contribution in [2.24, 2.45) is 11.7 Å². The number of rotatable bonds is 3. The number of nitrogens with one attached hydrogen (secondary N) is 1. The summed E-state index contributed by atoms with van der Waals surface area (Å²) in [6, 6.07) is 0.816. The van der Waals surface area contributed by atoms with Gasteiger partial charge in [-0.15, -0.1) is 0 Å². The minimum absolute atomic E-state index is 0.341. The van der Waals surface area contributed by atoms with Crippen LogP contribution in [-0.4, -0.2) is 56.9 Å². The zero-order chi connectivity index (χ0) is 11.4. The Morgan fingerprint density at radius 3 is 2.81 bits per heavy atom. The topological polar surface area (TPSA) is 50.5 Å². The molecule has 2 fully saturated rings. The third-order valence-electron chi connectivity index (χ3n) is 3.92. The number of ether oxygens (including phenoxy) is 1. The van der Waals surface area contributed by atoms with Gasteiger partial charge in [-0.3, -0.25) is 0 Å². The van der Waals surface area contributed by atoms with Gasteiger partial charge in [-0.2, -0.15) is 0 Å². The highest BCUT2D eigenvalue weighted by molar-refractivity contribution is 4.83. The fraction of sp³-hybridized carbons (Fsp3) is 1.00. The minimum Gasteiger partial charge on any atom is -0.379 e. The highest BCUT2D eigenvalue weighted by Crippen LogP contribution is 2.21. The molecule has 0 aromatic rings. The van der Waals surface area contributed by atoms with Crippen LogP contribution in [0.3, 0.4) is 0 Å². The molecule has 0 radical (unpaired) electrons. The lowest BCUT2D eigenvalue weighted by Crippen LogP contribution is -2.47. The summed E-state index contributed by atoms with van der Waals surface area (Å²) in [5.41, 5.74) is 6.31. The number of morpholine rings is 1. The molecule has 94 valence electrons. The first-order chi connectivity index (χ1) is 7.75. The largest absolute Gasteiger partial charge is 0.379 e. The quantitative estimate of drug-likeness (QED) is 0.714. The maximum absolute atomic E-state index is 6.31. The second kappa shape index (κ2) is 5.96. The van der Waals surface area contributed by atoms with Crippen LogP contribution in [0.2, 0.25) is 0 Å². The van der Waals surface area contributed by atoms with E-state index in [0.29, 0.717) is 18.0 Å². The van der Waals surface area contributed by atoms with E-state index < -0.39 is 0 Å². The summed E-state index contributed by atoms with van der Waals surface area (Å²) < 4.78 is 5.46. The van der Waals surface area contributed by atoms with Crippen LogP contribution in [0.5, 0.6) is 0 Å². The fourth-order valence-corrected chi connectivity index (χ4v) is 2.75. The molecule has 3 N–H and O–H groups in total. The van der Waals surface area contributed by atoms with Crippen molar-refractivity contribution < 1.29 is 4.74 Å². The van der Waals surface area contributed by atoms with Crippen LogP contribution in [0, 0.1) is 5.92 Å². The van der Waals surface area contributed by atoms with Gasteiger partial charge in [-0.05, 0) is 45.3 Å². The summed E-state index contributed by atoms with van der Waals surface area (Å²) in [4.78, 5) is 2.39. The summed E-state index contributed by atoms with van der Waals surface area (Å²) in [6.07, 6.45) is 3.57. The zero-order valence-corrected chi connectivity index (χ0v) is 10.3. The van der Waals surface area contributed by atoms with Crippen molar-refractivity contribution in [3.63, 3.8) is 0 Å². The molecule has 0 bridgehead atoms. The molecule has 0 saturated carbocycles. The molecule has 2 rings (SSSR count). The van der Waals surface area contributed by atoms with Gasteiger partial charge in [0, 0.05) is 18.6 Å². The third-order valence-corrected chi connectivity index (χ3v) is 3.92. The SMILES string of the molecule is CN1CCC(C(N)CC2COCCN2)CC1. The van der Waals surface area contributed by atoms with E-state index >= 15 is 0 Å². The molecule has 0 aliphatic carbocycles. The molecule has 2 unspecified atom stereocenters. The van der Waals surface area contributed by atoms with Gasteiger partial charge in [0.15, 0.2) is 0 Å². The van der Waals surface area contributed by atoms with E-state index in [0.717, 1.165) is 26.2 Å². The fourth-order valence-electron chi connectivity index (χ4n) is 2.75. The zero-order valence-electron chi connectivity index (χ0n) is 10.3. The Kier molecular flexibility index (Phi) is 4.58. The van der Waals surface area contributed by atoms with E-state index in [2.05, 4.69) is 17.3 Å². The number of nitrogens with two attached hydrogens (primary N) is 1. The molecule has 2 heterocycles. The molecule has 2 aliphatic rings. The van der Waals surface area contributed by atoms with Crippen LogP contribution in [0.1, 0.15) is 19.3 Å². The molecule has 2 atom stereocenters. The van der Waals surface area contributed by atoms with Crippen molar-refractivity contribution in [2.45, 2.75) is 31.3 Å². The lowest BCUT2D eigenvalue weighted by atomic mass is 9.86. The van der Waals surface area contributed by atoms with Gasteiger partial charge in [-0.25, -0.2) is 0 Å². The number of hydrogen-bond acceptors (Lipinski definition) is 4. The highest BCUT2D eigenvalue weighted by atomic mass is 16.5. The van der Waals surface area contributed by atoms with Crippen molar-refractivity contribution in [3.05, 3.63) is 0 Å². The Morgan fingerprint density at radius 2 is 2.19 bits per heavy atom. The molecule has 0 amide bonds. The van der Waals surface area contributed by atoms with Crippen LogP contribution in [0.15, 0.2) is 0 Å². The second-order valence-corrected chi connectivity index (χ2v) is 5.27. The van der Waals surface area contributed by atoms with Crippen LogP contribution in [0.4, 0.5) is 0 Å². The van der Waals surface area contributed by atoms with Gasteiger partial charge >= 0.3 is 0 Å². The minimum atomic E-state index is 0.341. The van der Waals surface area contributed by atoms with Crippen LogP contribution < -0.4 is 11.1 Å². The van der Waals surface area contributed by atoms with Crippen molar-refractivity contribution in [2.75, 3.05) is 39.9 Å². The van der Waals surface area contributed by atoms with Gasteiger partial charge < -0.3 is 20.7 Å². The van der Waals surface area contributed by atoms with Crippen LogP contribution in [0.25, 0.3) is 0 Å². The summed E-state index contributed by atoms with van der Waals surface area (Å²) in [5.74, 6) is 0.708. The summed E-state index contributed by atoms with van der Waals surface area (Å²) in [5, 5.41) is 3.48. The molecular weight excluding hydrogens is 202 g/mol. The normalized spacial score (nSPS) is 31.5. The first-order valence-corrected chi connectivity index (χ1v) is 6.51. The van der Waals surface area contributed by atoms with Crippen molar-refractivity contribution in [3.8, 4) is 0 Å². The Labute approximate surface area is 98.5 Å². The Balaban J connectivity index is 1.72. The second-order valence-electron chi connectivity index (χ2n) is 5.27. The van der Waals surface area contributed by atoms with Gasteiger partial charge in [-0.1, -0.05) is 0 Å². The van der Waals surface area contributed by atoms with Crippen molar-refractivity contribution in [1.82, 2.24) is 10.2 Å². The first-order valence-electron chi connectivity index (χ1n) is 6.51. The molecule has 0 aromatic carbocycles. The molecule has 4 heteroatoms. The highest BCUT2D eigenvalue weighted by Gasteiger charge is 2.25. The number of hydrogen-bond donors (Lipinski definition) is 2. The van der Waals surface area contributed by atoms with E-state index in [1.807, 2.05) is 0 Å². The molecule has 0 spiro atoms. The van der Waals surface area contributed by atoms with Crippen molar-refractivity contribution in [1.29, 1.82) is 0 Å². The molecule has 4 nitrogen and oxygen atoms in total. The van der Waals surface area contributed by atoms with E-state index in [9.17, 15) is 0 Å². The lowest BCUT2D eigenvalue weighted by molar-refractivity contribution is 0.0673. The monoisotopic (exact) mass is 227 g/mol. The number of piperidine rings is 1. The van der Waals surface area contributed by atoms with E-state index in [1.54, 1.807) is 0 Å². The maximum Gasteiger partial charge on any atom is 0.0620 e. The summed E-state index contributed by atoms with van der Waals surface area (Å²) in [6.45, 7) is 5.06. The molecular formula is C12H25N3O. The Hall–Kier alpha value is -0.160. The first kappa shape index (κ1) is 12.3. The van der Waals surface area contributed by atoms with Crippen LogP contribution >= 0.6 is 0 Å². The van der Waals surface area contributed by atoms with E-state index in [1.165, 1.54) is 25.9 Å². The van der Waals surface area contributed by atoms with Gasteiger partial charge in [0.2, 0.25) is 0 Å². The number of likely N-dealkylation sites (tertiary alicyclic amines) is 1. The molecule has 0 aromatic heterocycles. The Bertz CT molecular complexity index is 198. The summed E-state index contributed by atoms with van der Waals surface area (Å²) >= 11 is 0. The van der Waals surface area contributed by atoms with Crippen molar-refractivity contribution >= 4 is 0 Å². The number of nitrogens with zero attached hydrogens (tertiary/aromatic N) is 1.